The maximum Gasteiger partial charge on any atom is 0.321 e. The Kier molecular flexibility index (Phi) is 32.7. The lowest BCUT2D eigenvalue weighted by molar-refractivity contribution is -0.0334. The Morgan fingerprint density at radius 3 is 0.341 bits per heavy atom. The summed E-state index contributed by atoms with van der Waals surface area (Å²) in [4.78, 5) is 114. The molecule has 22 rings (SSSR count). The fourth-order valence-corrected chi connectivity index (χ4v) is 18.7. The number of likely N-dealkylation sites (N-methyl/N-ethyl adjacent to an activating group) is 8. The molecule has 8 aromatic rings. The van der Waals surface area contributed by atoms with Crippen molar-refractivity contribution in [1.82, 2.24) is 81.7 Å². The van der Waals surface area contributed by atoms with Gasteiger partial charge in [-0.2, -0.15) is 0 Å². The third kappa shape index (κ3) is 18.7. The molecule has 0 atom stereocenters. The van der Waals surface area contributed by atoms with Crippen LogP contribution in [0.15, 0.2) is 243 Å². The predicted molar refractivity (Wildman–Crippen MR) is 485 cm³/mol. The van der Waals surface area contributed by atoms with E-state index < -0.39 is 45.3 Å². The van der Waals surface area contributed by atoms with Gasteiger partial charge in [0.25, 0.3) is 0 Å². The van der Waals surface area contributed by atoms with Gasteiger partial charge in [-0.1, -0.05) is 243 Å². The normalized spacial score (nSPS) is 27.3. The molecule has 0 bridgehead atoms. The topological polar surface area (TPSA) is 369 Å². The molecular formula is C96H120N16O20. The summed E-state index contributed by atoms with van der Waals surface area (Å²) in [6, 6.07) is 74.6. The quantitative estimate of drug-likeness (QED) is 0.0710. The highest BCUT2D eigenvalue weighted by Gasteiger charge is 2.76. The summed E-state index contributed by atoms with van der Waals surface area (Å²) in [5.74, 6) is 0. The van der Waals surface area contributed by atoms with Crippen molar-refractivity contribution in [2.24, 2.45) is 0 Å². The second kappa shape index (κ2) is 44.6. The lowest BCUT2D eigenvalue weighted by Gasteiger charge is -2.44. The van der Waals surface area contributed by atoms with Crippen LogP contribution < -0.4 is 42.5 Å². The zero-order valence-corrected chi connectivity index (χ0v) is 75.8. The van der Waals surface area contributed by atoms with E-state index in [0.29, 0.717) is 0 Å². The van der Waals surface area contributed by atoms with E-state index in [1.165, 1.54) is 0 Å². The van der Waals surface area contributed by atoms with Crippen molar-refractivity contribution in [2.45, 2.75) is 45.3 Å². The first-order valence-electron chi connectivity index (χ1n) is 44.0. The van der Waals surface area contributed by atoms with Crippen LogP contribution in [0.4, 0.5) is 38.4 Å². The first-order valence-corrected chi connectivity index (χ1v) is 44.0. The summed E-state index contributed by atoms with van der Waals surface area (Å²) in [6.45, 7) is 18.7. The monoisotopic (exact) mass is 1820 g/mol. The number of nitrogens with one attached hydrogen (secondary N) is 8. The first kappa shape index (κ1) is 97.0. The molecule has 0 radical (unpaired) electrons. The Bertz CT molecular complexity index is 4240. The maximum absolute atomic E-state index is 12.6. The van der Waals surface area contributed by atoms with E-state index in [2.05, 4.69) is 42.5 Å². The Labute approximate surface area is 768 Å². The van der Waals surface area contributed by atoms with Gasteiger partial charge in [-0.25, -0.2) is 38.4 Å². The smallest absolute Gasteiger partial charge is 0.321 e. The number of benzene rings is 8. The van der Waals surface area contributed by atoms with Gasteiger partial charge in [0.2, 0.25) is 0 Å². The standard InChI is InChI=1S/4C18H18N4O2.6C4H8O2/c4*1-21-15(23)19-17(13-9-5-3-6-10-13)18(21,22(2)16(24)20-17)14-11-7-4-8-12-14;6*1-2-6-4-3-5-1/h4*3-12H,1-2H3,(H,19,23)(H,20,24);6*1-4H2. The number of amides is 16. The molecule has 14 aliphatic rings. The Morgan fingerprint density at radius 1 is 0.159 bits per heavy atom. The van der Waals surface area contributed by atoms with E-state index in [1.54, 1.807) is 95.6 Å². The summed E-state index contributed by atoms with van der Waals surface area (Å²) in [6.07, 6.45) is 0. The molecule has 132 heavy (non-hydrogen) atoms. The molecule has 704 valence electrons. The van der Waals surface area contributed by atoms with Crippen molar-refractivity contribution in [1.29, 1.82) is 0 Å². The third-order valence-corrected chi connectivity index (χ3v) is 24.8. The van der Waals surface area contributed by atoms with Gasteiger partial charge in [0.05, 0.1) is 159 Å². The van der Waals surface area contributed by atoms with Crippen molar-refractivity contribution >= 4 is 48.2 Å². The summed E-state index contributed by atoms with van der Waals surface area (Å²) in [7, 11) is 13.7. The van der Waals surface area contributed by atoms with Gasteiger partial charge in [-0.3, -0.25) is 39.2 Å². The second-order valence-electron chi connectivity index (χ2n) is 31.9. The van der Waals surface area contributed by atoms with Crippen LogP contribution in [-0.4, -0.2) is 302 Å². The van der Waals surface area contributed by atoms with E-state index >= 15 is 0 Å². The minimum Gasteiger partial charge on any atom is -0.377 e. The van der Waals surface area contributed by atoms with Gasteiger partial charge in [0, 0.05) is 101 Å². The molecule has 36 heteroatoms. The Balaban J connectivity index is 0.000000132. The van der Waals surface area contributed by atoms with E-state index in [9.17, 15) is 38.4 Å². The van der Waals surface area contributed by atoms with Crippen LogP contribution >= 0.6 is 0 Å². The zero-order valence-electron chi connectivity index (χ0n) is 75.8. The average Bonchev–Trinajstić information content (AvgIpc) is 1.53. The van der Waals surface area contributed by atoms with Crippen LogP contribution in [-0.2, 0) is 102 Å². The zero-order chi connectivity index (χ0) is 93.3. The molecule has 0 aliphatic carbocycles. The second-order valence-corrected chi connectivity index (χ2v) is 31.9. The number of fused-ring (bicyclic) bond motifs is 4. The fraction of sp³-hybridized carbons (Fsp3) is 0.417. The Hall–Kier alpha value is -12.6. The van der Waals surface area contributed by atoms with Gasteiger partial charge in [0.15, 0.2) is 45.3 Å². The molecule has 8 N–H and O–H groups in total. The molecule has 36 nitrogen and oxygen atoms in total. The van der Waals surface area contributed by atoms with Crippen LogP contribution in [0.3, 0.4) is 0 Å². The molecule has 8 aromatic carbocycles. The number of carbonyl (C=O) groups is 8. The molecule has 14 heterocycles. The molecule has 0 spiro atoms. The van der Waals surface area contributed by atoms with Crippen LogP contribution in [0.5, 0.6) is 0 Å². The molecule has 0 unspecified atom stereocenters. The minimum atomic E-state index is -1.06. The summed E-state index contributed by atoms with van der Waals surface area (Å²) in [5.41, 5.74) is -1.51. The van der Waals surface area contributed by atoms with Crippen molar-refractivity contribution in [3.63, 3.8) is 0 Å². The number of hydrogen-bond donors (Lipinski definition) is 8. The van der Waals surface area contributed by atoms with Gasteiger partial charge < -0.3 is 99.4 Å². The SMILES string of the molecule is C1COCCO1.C1COCCO1.C1COCCO1.C1COCCO1.C1COCCO1.C1COCCO1.CN1C(=O)NC2(c3ccccc3)NC(=O)N(C)C12c1ccccc1.CN1C(=O)NC2(c3ccccc3)NC(=O)N(C)C12c1ccccc1.CN1C(=O)NC2(c3ccccc3)NC(=O)N(C)C12c1ccccc1.CN1C(=O)NC2(c3ccccc3)NC(=O)N(C)C12c1ccccc1. The van der Waals surface area contributed by atoms with E-state index in [-0.39, 0.29) is 48.2 Å². The summed E-state index contributed by atoms with van der Waals surface area (Å²) < 4.78 is 59.3. The van der Waals surface area contributed by atoms with Crippen molar-refractivity contribution in [2.75, 3.05) is 215 Å². The average molecular weight is 1820 g/mol. The lowest BCUT2D eigenvalue weighted by atomic mass is 9.81. The molecule has 0 saturated carbocycles. The van der Waals surface area contributed by atoms with E-state index in [4.69, 9.17) is 56.8 Å². The highest BCUT2D eigenvalue weighted by atomic mass is 16.6. The minimum absolute atomic E-state index is 0.241. The van der Waals surface area contributed by atoms with Crippen molar-refractivity contribution < 1.29 is 95.2 Å². The lowest BCUT2D eigenvalue weighted by Crippen LogP contribution is -2.61. The Morgan fingerprint density at radius 2 is 0.250 bits per heavy atom. The van der Waals surface area contributed by atoms with Crippen LogP contribution in [0.25, 0.3) is 0 Å². The van der Waals surface area contributed by atoms with Gasteiger partial charge in [-0.05, 0) is 0 Å². The van der Waals surface area contributed by atoms with Crippen LogP contribution in [0.1, 0.15) is 44.5 Å². The fourth-order valence-electron chi connectivity index (χ4n) is 18.7. The summed E-state index contributed by atoms with van der Waals surface area (Å²) in [5, 5.41) is 24.1. The molecule has 16 amide bonds. The molecule has 0 aromatic heterocycles. The summed E-state index contributed by atoms with van der Waals surface area (Å²) >= 11 is 0. The maximum atomic E-state index is 12.6. The van der Waals surface area contributed by atoms with Crippen LogP contribution in [0, 0.1) is 0 Å². The number of nitrogens with zero attached hydrogens (tertiary/aromatic N) is 8. The van der Waals surface area contributed by atoms with E-state index in [1.807, 2.05) is 243 Å². The highest BCUT2D eigenvalue weighted by molar-refractivity contribution is 5.92. The first-order chi connectivity index (χ1) is 64.1. The predicted octanol–water partition coefficient (Wildman–Crippen LogP) is 8.21. The number of urea groups is 8. The molecule has 14 saturated heterocycles. The largest absolute Gasteiger partial charge is 0.377 e. The highest BCUT2D eigenvalue weighted by Crippen LogP contribution is 2.57. The molecular weight excluding hydrogens is 1700 g/mol. The van der Waals surface area contributed by atoms with E-state index in [0.717, 1.165) is 203 Å². The third-order valence-electron chi connectivity index (χ3n) is 24.8. The number of carbonyl (C=O) groups excluding carboxylic acids is 8. The molecule has 14 fully saturated rings. The number of hydrogen-bond acceptors (Lipinski definition) is 20. The van der Waals surface area contributed by atoms with Gasteiger partial charge >= 0.3 is 48.2 Å². The van der Waals surface area contributed by atoms with Crippen LogP contribution in [0.2, 0.25) is 0 Å². The number of rotatable bonds is 8. The van der Waals surface area contributed by atoms with Gasteiger partial charge in [0.1, 0.15) is 0 Å². The van der Waals surface area contributed by atoms with Crippen molar-refractivity contribution in [3.05, 3.63) is 287 Å². The number of ether oxygens (including phenoxy) is 12. The van der Waals surface area contributed by atoms with Crippen molar-refractivity contribution in [3.8, 4) is 0 Å². The van der Waals surface area contributed by atoms with Gasteiger partial charge in [-0.15, -0.1) is 0 Å². The molecule has 14 aliphatic heterocycles.